The number of primary amides is 1. The highest BCUT2D eigenvalue weighted by Crippen LogP contribution is 2.26. The molecule has 0 heterocycles. The number of anilines is 1. The van der Waals surface area contributed by atoms with Crippen LogP contribution in [0.25, 0.3) is 0 Å². The lowest BCUT2D eigenvalue weighted by Gasteiger charge is -2.32. The van der Waals surface area contributed by atoms with Gasteiger partial charge >= 0.3 is 6.09 Å². The summed E-state index contributed by atoms with van der Waals surface area (Å²) >= 11 is 0. The normalized spacial score (nSPS) is 12.6. The second-order valence-electron chi connectivity index (χ2n) is 10.2. The molecule has 0 aliphatic rings. The fraction of sp³-hybridized carbons (Fsp3) is 0.429. The van der Waals surface area contributed by atoms with Crippen molar-refractivity contribution in [2.75, 3.05) is 19.5 Å². The number of likely N-dealkylation sites (N-methyl/N-ethyl adjacent to an activating group) is 1. The van der Waals surface area contributed by atoms with Crippen LogP contribution in [0.5, 0.6) is 5.75 Å². The van der Waals surface area contributed by atoms with E-state index in [-0.39, 0.29) is 12.8 Å². The molecule has 0 fully saturated rings. The maximum Gasteiger partial charge on any atom is 0.408 e. The number of benzene rings is 2. The number of carbonyl (C=O) groups excluding carboxylic acids is 4. The van der Waals surface area contributed by atoms with Crippen molar-refractivity contribution < 1.29 is 28.7 Å². The van der Waals surface area contributed by atoms with E-state index in [1.165, 1.54) is 11.9 Å². The van der Waals surface area contributed by atoms with Crippen molar-refractivity contribution >= 4 is 29.5 Å². The number of ether oxygens (including phenoxy) is 2. The van der Waals surface area contributed by atoms with Gasteiger partial charge in [-0.3, -0.25) is 14.4 Å². The van der Waals surface area contributed by atoms with Gasteiger partial charge in [0.25, 0.3) is 5.91 Å². The fourth-order valence-corrected chi connectivity index (χ4v) is 3.97. The number of methoxy groups -OCH3 is 1. The monoisotopic (exact) mass is 526 g/mol. The van der Waals surface area contributed by atoms with E-state index >= 15 is 0 Å². The summed E-state index contributed by atoms with van der Waals surface area (Å²) in [5.74, 6) is -1.03. The first-order valence-corrected chi connectivity index (χ1v) is 12.3. The second kappa shape index (κ2) is 12.9. The first-order valence-electron chi connectivity index (χ1n) is 12.3. The smallest absolute Gasteiger partial charge is 0.408 e. The van der Waals surface area contributed by atoms with Crippen LogP contribution >= 0.6 is 0 Å². The number of alkyl carbamates (subject to hydrolysis) is 1. The molecule has 2 aromatic carbocycles. The zero-order chi connectivity index (χ0) is 28.6. The maximum absolute atomic E-state index is 13.7. The van der Waals surface area contributed by atoms with Crippen molar-refractivity contribution in [3.8, 4) is 5.75 Å². The molecule has 2 aromatic rings. The molecule has 0 aromatic heterocycles. The van der Waals surface area contributed by atoms with Crippen LogP contribution < -0.4 is 21.1 Å². The van der Waals surface area contributed by atoms with E-state index in [1.807, 2.05) is 32.0 Å². The summed E-state index contributed by atoms with van der Waals surface area (Å²) in [7, 11) is 3.02. The molecule has 10 nitrogen and oxygen atoms in total. The minimum atomic E-state index is -1.15. The van der Waals surface area contributed by atoms with Gasteiger partial charge in [-0.2, -0.15) is 0 Å². The van der Waals surface area contributed by atoms with Crippen molar-refractivity contribution in [2.45, 2.75) is 65.1 Å². The van der Waals surface area contributed by atoms with Gasteiger partial charge in [0.05, 0.1) is 7.11 Å². The summed E-state index contributed by atoms with van der Waals surface area (Å²) in [5.41, 5.74) is 7.45. The van der Waals surface area contributed by atoms with Gasteiger partial charge in [0.15, 0.2) is 0 Å². The highest BCUT2D eigenvalue weighted by molar-refractivity contribution is 5.99. The molecular weight excluding hydrogens is 488 g/mol. The third kappa shape index (κ3) is 9.10. The van der Waals surface area contributed by atoms with Gasteiger partial charge in [0.1, 0.15) is 23.4 Å². The summed E-state index contributed by atoms with van der Waals surface area (Å²) in [6.45, 7) is 8.88. The minimum absolute atomic E-state index is 0.0581. The predicted octanol–water partition coefficient (Wildman–Crippen LogP) is 3.61. The van der Waals surface area contributed by atoms with Gasteiger partial charge in [0, 0.05) is 19.2 Å². The zero-order valence-electron chi connectivity index (χ0n) is 23.1. The standard InChI is InChI=1S/C28H38N4O6/c1-17-14-18(2)16-19(15-17)24(25(34)30-20-8-10-21(37-7)11-9-20)32(6)26(35)22(12-13-23(29)33)31-27(36)38-28(3,4)5/h8-11,14-16,22,24H,12-13H2,1-7H3,(H2,29,33)(H,30,34)(H,31,36). The van der Waals surface area contributed by atoms with Crippen LogP contribution in [0.1, 0.15) is 56.3 Å². The van der Waals surface area contributed by atoms with E-state index in [9.17, 15) is 19.2 Å². The maximum atomic E-state index is 13.7. The Kier molecular flexibility index (Phi) is 10.3. The number of nitrogens with one attached hydrogen (secondary N) is 2. The van der Waals surface area contributed by atoms with Crippen LogP contribution in [-0.4, -0.2) is 54.5 Å². The number of hydrogen-bond donors (Lipinski definition) is 3. The Morgan fingerprint density at radius 1 is 1.00 bits per heavy atom. The van der Waals surface area contributed by atoms with E-state index in [0.717, 1.165) is 11.1 Å². The van der Waals surface area contributed by atoms with E-state index in [2.05, 4.69) is 10.6 Å². The predicted molar refractivity (Wildman–Crippen MR) is 145 cm³/mol. The first-order chi connectivity index (χ1) is 17.7. The van der Waals surface area contributed by atoms with Crippen molar-refractivity contribution in [3.63, 3.8) is 0 Å². The summed E-state index contributed by atoms with van der Waals surface area (Å²) in [4.78, 5) is 52.5. The Bertz CT molecular complexity index is 1140. The third-order valence-electron chi connectivity index (χ3n) is 5.57. The second-order valence-corrected chi connectivity index (χ2v) is 10.2. The Hall–Kier alpha value is -4.08. The lowest BCUT2D eigenvalue weighted by Crippen LogP contribution is -2.51. The molecule has 0 saturated heterocycles. The minimum Gasteiger partial charge on any atom is -0.497 e. The number of hydrogen-bond acceptors (Lipinski definition) is 6. The third-order valence-corrected chi connectivity index (χ3v) is 5.57. The lowest BCUT2D eigenvalue weighted by atomic mass is 9.98. The topological polar surface area (TPSA) is 140 Å². The van der Waals surface area contributed by atoms with Gasteiger partial charge in [-0.15, -0.1) is 0 Å². The van der Waals surface area contributed by atoms with Crippen LogP contribution in [0.2, 0.25) is 0 Å². The van der Waals surface area contributed by atoms with Crippen molar-refractivity contribution in [1.82, 2.24) is 10.2 Å². The van der Waals surface area contributed by atoms with Gasteiger partial charge in [-0.05, 0) is 70.9 Å². The average Bonchev–Trinajstić information content (AvgIpc) is 2.80. The van der Waals surface area contributed by atoms with Crippen LogP contribution in [0, 0.1) is 13.8 Å². The number of aryl methyl sites for hydroxylation is 2. The molecule has 0 bridgehead atoms. The molecule has 0 aliphatic carbocycles. The van der Waals surface area contributed by atoms with Crippen molar-refractivity contribution in [1.29, 1.82) is 0 Å². The van der Waals surface area contributed by atoms with Gasteiger partial charge < -0.3 is 30.7 Å². The first kappa shape index (κ1) is 30.1. The average molecular weight is 527 g/mol. The van der Waals surface area contributed by atoms with E-state index in [1.54, 1.807) is 52.1 Å². The van der Waals surface area contributed by atoms with E-state index in [4.69, 9.17) is 15.2 Å². The Morgan fingerprint density at radius 3 is 2.08 bits per heavy atom. The fourth-order valence-electron chi connectivity index (χ4n) is 3.97. The molecule has 4 amide bonds. The summed E-state index contributed by atoms with van der Waals surface area (Å²) in [5, 5.41) is 5.39. The van der Waals surface area contributed by atoms with Crippen molar-refractivity contribution in [2.24, 2.45) is 5.73 Å². The molecule has 2 rings (SSSR count). The number of amides is 4. The Labute approximate surface area is 223 Å². The molecule has 0 aliphatic heterocycles. The number of carbonyl (C=O) groups is 4. The molecule has 206 valence electrons. The Balaban J connectivity index is 2.42. The van der Waals surface area contributed by atoms with Gasteiger partial charge in [-0.25, -0.2) is 4.79 Å². The van der Waals surface area contributed by atoms with E-state index < -0.39 is 41.5 Å². The van der Waals surface area contributed by atoms with Crippen LogP contribution in [0.3, 0.4) is 0 Å². The van der Waals surface area contributed by atoms with Crippen LogP contribution in [0.15, 0.2) is 42.5 Å². The van der Waals surface area contributed by atoms with Crippen LogP contribution in [0.4, 0.5) is 10.5 Å². The molecule has 0 spiro atoms. The highest BCUT2D eigenvalue weighted by Gasteiger charge is 2.34. The van der Waals surface area contributed by atoms with Gasteiger partial charge in [0.2, 0.25) is 11.8 Å². The van der Waals surface area contributed by atoms with Crippen LogP contribution in [-0.2, 0) is 19.1 Å². The quantitative estimate of drug-likeness (QED) is 0.432. The number of nitrogens with zero attached hydrogens (tertiary/aromatic N) is 1. The van der Waals surface area contributed by atoms with E-state index in [0.29, 0.717) is 17.0 Å². The molecule has 38 heavy (non-hydrogen) atoms. The molecule has 0 saturated carbocycles. The SMILES string of the molecule is COc1ccc(NC(=O)C(c2cc(C)cc(C)c2)N(C)C(=O)C(CCC(N)=O)NC(=O)OC(C)(C)C)cc1. The number of nitrogens with two attached hydrogens (primary N) is 1. The summed E-state index contributed by atoms with van der Waals surface area (Å²) in [6, 6.07) is 10.2. The molecular formula is C28H38N4O6. The molecule has 0 radical (unpaired) electrons. The van der Waals surface area contributed by atoms with Gasteiger partial charge in [-0.1, -0.05) is 29.3 Å². The molecule has 10 heteroatoms. The van der Waals surface area contributed by atoms with Crippen molar-refractivity contribution in [3.05, 3.63) is 59.2 Å². The largest absolute Gasteiger partial charge is 0.497 e. The highest BCUT2D eigenvalue weighted by atomic mass is 16.6. The zero-order valence-corrected chi connectivity index (χ0v) is 23.1. The molecule has 2 unspecified atom stereocenters. The Morgan fingerprint density at radius 2 is 1.58 bits per heavy atom. The summed E-state index contributed by atoms with van der Waals surface area (Å²) < 4.78 is 10.5. The molecule has 4 N–H and O–H groups in total. The number of rotatable bonds is 10. The lowest BCUT2D eigenvalue weighted by molar-refractivity contribution is -0.139. The summed E-state index contributed by atoms with van der Waals surface area (Å²) in [6.07, 6.45) is -1.02. The molecule has 2 atom stereocenters.